The minimum Gasteiger partial charge on any atom is -0.491 e. The minimum atomic E-state index is -0.846. The van der Waals surface area contributed by atoms with E-state index in [1.54, 1.807) is 24.3 Å². The van der Waals surface area contributed by atoms with E-state index in [4.69, 9.17) is 10.00 Å². The van der Waals surface area contributed by atoms with Gasteiger partial charge in [0.25, 0.3) is 5.91 Å². The van der Waals surface area contributed by atoms with Crippen molar-refractivity contribution in [2.24, 2.45) is 0 Å². The van der Waals surface area contributed by atoms with Crippen LogP contribution in [0.15, 0.2) is 54.6 Å². The van der Waals surface area contributed by atoms with Crippen LogP contribution in [0.25, 0.3) is 5.69 Å². The number of carbonyl (C=O) groups is 1. The summed E-state index contributed by atoms with van der Waals surface area (Å²) in [5, 5.41) is 22.3. The van der Waals surface area contributed by atoms with Crippen LogP contribution in [-0.4, -0.2) is 28.2 Å². The highest BCUT2D eigenvalue weighted by Gasteiger charge is 2.18. The molecule has 3 rings (SSSR count). The molecule has 6 nitrogen and oxygen atoms in total. The molecule has 0 radical (unpaired) electrons. The normalized spacial score (nSPS) is 11.8. The van der Waals surface area contributed by atoms with Gasteiger partial charge < -0.3 is 19.7 Å². The largest absolute Gasteiger partial charge is 0.491 e. The molecular weight excluding hydrogens is 390 g/mol. The van der Waals surface area contributed by atoms with Crippen LogP contribution in [-0.2, 0) is 0 Å². The fraction of sp³-hybridized carbons (Fsp3) is 0.280. The second-order valence-corrected chi connectivity index (χ2v) is 7.74. The van der Waals surface area contributed by atoms with Gasteiger partial charge in [0.05, 0.1) is 29.4 Å². The molecule has 1 atom stereocenters. The molecule has 0 fully saturated rings. The molecule has 0 bridgehead atoms. The van der Waals surface area contributed by atoms with E-state index in [0.29, 0.717) is 22.4 Å². The zero-order chi connectivity index (χ0) is 22.5. The molecule has 1 unspecified atom stereocenters. The molecule has 0 saturated carbocycles. The van der Waals surface area contributed by atoms with Crippen LogP contribution in [0.2, 0.25) is 0 Å². The monoisotopic (exact) mass is 417 g/mol. The van der Waals surface area contributed by atoms with Crippen molar-refractivity contribution in [3.8, 4) is 17.5 Å². The van der Waals surface area contributed by atoms with Crippen molar-refractivity contribution in [2.75, 3.05) is 6.54 Å². The first-order valence-electron chi connectivity index (χ1n) is 10.2. The van der Waals surface area contributed by atoms with Crippen molar-refractivity contribution in [2.45, 2.75) is 39.9 Å². The Morgan fingerprint density at radius 1 is 1.16 bits per heavy atom. The number of benzene rings is 2. The molecule has 0 aliphatic heterocycles. The molecule has 2 aromatic carbocycles. The topological polar surface area (TPSA) is 87.3 Å². The predicted molar refractivity (Wildman–Crippen MR) is 119 cm³/mol. The molecule has 160 valence electrons. The highest BCUT2D eigenvalue weighted by atomic mass is 16.5. The summed E-state index contributed by atoms with van der Waals surface area (Å²) in [7, 11) is 0. The smallest absolute Gasteiger partial charge is 0.253 e. The van der Waals surface area contributed by atoms with Gasteiger partial charge in [0.2, 0.25) is 0 Å². The summed E-state index contributed by atoms with van der Waals surface area (Å²) < 4.78 is 7.64. The van der Waals surface area contributed by atoms with E-state index in [9.17, 15) is 9.90 Å². The van der Waals surface area contributed by atoms with E-state index in [1.165, 1.54) is 0 Å². The molecule has 2 N–H and O–H groups in total. The van der Waals surface area contributed by atoms with Gasteiger partial charge in [-0.2, -0.15) is 5.26 Å². The van der Waals surface area contributed by atoms with E-state index in [0.717, 1.165) is 17.1 Å². The molecule has 0 saturated heterocycles. The Kier molecular flexibility index (Phi) is 6.78. The fourth-order valence-electron chi connectivity index (χ4n) is 3.54. The van der Waals surface area contributed by atoms with Gasteiger partial charge >= 0.3 is 0 Å². The van der Waals surface area contributed by atoms with E-state index in [-0.39, 0.29) is 18.6 Å². The number of nitrogens with one attached hydrogen (secondary N) is 1. The zero-order valence-electron chi connectivity index (χ0n) is 18.2. The lowest BCUT2D eigenvalue weighted by molar-refractivity contribution is 0.0915. The van der Waals surface area contributed by atoms with Gasteiger partial charge in [0.1, 0.15) is 5.75 Å². The lowest BCUT2D eigenvalue weighted by Gasteiger charge is -2.15. The highest BCUT2D eigenvalue weighted by Crippen LogP contribution is 2.22. The van der Waals surface area contributed by atoms with Gasteiger partial charge in [-0.3, -0.25) is 4.79 Å². The van der Waals surface area contributed by atoms with Crippen molar-refractivity contribution in [3.63, 3.8) is 0 Å². The summed E-state index contributed by atoms with van der Waals surface area (Å²) >= 11 is 0. The number of hydrogen-bond donors (Lipinski definition) is 2. The number of nitriles is 1. The summed E-state index contributed by atoms with van der Waals surface area (Å²) in [6.07, 6.45) is -0.805. The molecule has 1 aromatic heterocycles. The van der Waals surface area contributed by atoms with Crippen LogP contribution < -0.4 is 10.1 Å². The average molecular weight is 418 g/mol. The van der Waals surface area contributed by atoms with Crippen molar-refractivity contribution < 1.29 is 14.6 Å². The van der Waals surface area contributed by atoms with Gasteiger partial charge in [-0.1, -0.05) is 12.1 Å². The molecule has 0 aliphatic rings. The van der Waals surface area contributed by atoms with Crippen LogP contribution >= 0.6 is 0 Å². The second-order valence-electron chi connectivity index (χ2n) is 7.74. The lowest BCUT2D eigenvalue weighted by Crippen LogP contribution is -2.28. The minimum absolute atomic E-state index is 0.0402. The van der Waals surface area contributed by atoms with Gasteiger partial charge in [-0.25, -0.2) is 0 Å². The maximum absolute atomic E-state index is 12.8. The van der Waals surface area contributed by atoms with E-state index in [2.05, 4.69) is 11.4 Å². The highest BCUT2D eigenvalue weighted by molar-refractivity contribution is 5.96. The first-order chi connectivity index (χ1) is 14.8. The Labute approximate surface area is 182 Å². The zero-order valence-corrected chi connectivity index (χ0v) is 18.2. The van der Waals surface area contributed by atoms with E-state index in [1.807, 2.05) is 62.6 Å². The van der Waals surface area contributed by atoms with Crippen LogP contribution in [0.3, 0.4) is 0 Å². The van der Waals surface area contributed by atoms with Gasteiger partial charge in [0, 0.05) is 23.6 Å². The average Bonchev–Trinajstić information content (AvgIpc) is 3.05. The number of aliphatic hydroxyl groups excluding tert-OH is 1. The maximum Gasteiger partial charge on any atom is 0.253 e. The van der Waals surface area contributed by atoms with Crippen molar-refractivity contribution in [1.29, 1.82) is 5.26 Å². The van der Waals surface area contributed by atoms with E-state index >= 15 is 0 Å². The molecule has 6 heteroatoms. The Balaban J connectivity index is 1.72. The number of ether oxygens (including phenoxy) is 1. The van der Waals surface area contributed by atoms with E-state index < -0.39 is 6.10 Å². The third-order valence-corrected chi connectivity index (χ3v) is 5.00. The predicted octanol–water partition coefficient (Wildman–Crippen LogP) is 4.22. The SMILES string of the molecule is Cc1cc(C(=O)NCC(O)c2cccc(OC(C)C)c2)c(C)n1-c1ccc(C#N)cc1. The number of amides is 1. The summed E-state index contributed by atoms with van der Waals surface area (Å²) in [6.45, 7) is 7.78. The first-order valence-corrected chi connectivity index (χ1v) is 10.2. The Morgan fingerprint density at radius 3 is 2.52 bits per heavy atom. The first kappa shape index (κ1) is 22.1. The molecule has 1 amide bonds. The quantitative estimate of drug-likeness (QED) is 0.603. The lowest BCUT2D eigenvalue weighted by atomic mass is 10.1. The Bertz CT molecular complexity index is 1110. The van der Waals surface area contributed by atoms with Crippen LogP contribution in [0.1, 0.15) is 52.8 Å². The molecule has 3 aromatic rings. The summed E-state index contributed by atoms with van der Waals surface area (Å²) in [5.41, 5.74) is 4.40. The number of aryl methyl sites for hydroxylation is 1. The third kappa shape index (κ3) is 5.14. The standard InChI is InChI=1S/C25H27N3O3/c1-16(2)31-22-7-5-6-20(13-22)24(29)15-27-25(30)23-12-17(3)28(18(23)4)21-10-8-19(14-26)9-11-21/h5-13,16,24,29H,15H2,1-4H3,(H,27,30). The van der Waals surface area contributed by atoms with Crippen LogP contribution in [0, 0.1) is 25.2 Å². The van der Waals surface area contributed by atoms with Crippen LogP contribution in [0.4, 0.5) is 0 Å². The summed E-state index contributed by atoms with van der Waals surface area (Å²) in [4.78, 5) is 12.8. The molecular formula is C25H27N3O3. The second kappa shape index (κ2) is 9.50. The Morgan fingerprint density at radius 2 is 1.87 bits per heavy atom. The molecule has 1 heterocycles. The number of aliphatic hydroxyl groups is 1. The third-order valence-electron chi connectivity index (χ3n) is 5.00. The van der Waals surface area contributed by atoms with Crippen molar-refractivity contribution in [1.82, 2.24) is 9.88 Å². The number of hydrogen-bond acceptors (Lipinski definition) is 4. The number of carbonyl (C=O) groups excluding carboxylic acids is 1. The summed E-state index contributed by atoms with van der Waals surface area (Å²) in [5.74, 6) is 0.436. The van der Waals surface area contributed by atoms with Crippen molar-refractivity contribution >= 4 is 5.91 Å². The molecule has 31 heavy (non-hydrogen) atoms. The van der Waals surface area contributed by atoms with Crippen molar-refractivity contribution in [3.05, 3.63) is 82.7 Å². The maximum atomic E-state index is 12.8. The number of aromatic nitrogens is 1. The fourth-order valence-corrected chi connectivity index (χ4v) is 3.54. The molecule has 0 aliphatic carbocycles. The molecule has 0 spiro atoms. The van der Waals surface area contributed by atoms with Gasteiger partial charge in [0.15, 0.2) is 0 Å². The van der Waals surface area contributed by atoms with Crippen LogP contribution in [0.5, 0.6) is 5.75 Å². The number of nitrogens with zero attached hydrogens (tertiary/aromatic N) is 2. The number of rotatable bonds is 7. The Hall–Kier alpha value is -3.56. The van der Waals surface area contributed by atoms with Gasteiger partial charge in [-0.05, 0) is 75.7 Å². The summed E-state index contributed by atoms with van der Waals surface area (Å²) in [6, 6.07) is 18.4. The van der Waals surface area contributed by atoms with Gasteiger partial charge in [-0.15, -0.1) is 0 Å².